The van der Waals surface area contributed by atoms with Crippen molar-refractivity contribution in [1.29, 1.82) is 0 Å². The monoisotopic (exact) mass is 404 g/mol. The second kappa shape index (κ2) is 9.34. The molecule has 7 nitrogen and oxygen atoms in total. The molecule has 0 unspecified atom stereocenters. The highest BCUT2D eigenvalue weighted by molar-refractivity contribution is 7.89. The zero-order chi connectivity index (χ0) is 20.0. The molecule has 0 aliphatic heterocycles. The highest BCUT2D eigenvalue weighted by atomic mass is 32.2. The predicted octanol–water partition coefficient (Wildman–Crippen LogP) is 1.72. The molecule has 1 aliphatic rings. The maximum absolute atomic E-state index is 12.5. The lowest BCUT2D eigenvalue weighted by Crippen LogP contribution is -2.31. The number of amides is 1. The molecular formula is C20H28N4O3S. The molecular weight excluding hydrogens is 376 g/mol. The summed E-state index contributed by atoms with van der Waals surface area (Å²) in [6.07, 6.45) is 9.77. The van der Waals surface area contributed by atoms with Crippen LogP contribution in [0.4, 0.5) is 0 Å². The molecule has 2 N–H and O–H groups in total. The van der Waals surface area contributed by atoms with E-state index in [4.69, 9.17) is 0 Å². The second-order valence-electron chi connectivity index (χ2n) is 7.26. The number of benzene rings is 1. The molecule has 0 bridgehead atoms. The number of rotatable bonds is 9. The number of hydrogen-bond acceptors (Lipinski definition) is 4. The lowest BCUT2D eigenvalue weighted by molar-refractivity contribution is -0.120. The number of fused-ring (bicyclic) bond motifs is 1. The first kappa shape index (κ1) is 20.5. The summed E-state index contributed by atoms with van der Waals surface area (Å²) >= 11 is 0. The van der Waals surface area contributed by atoms with Crippen LogP contribution in [0.15, 0.2) is 35.5 Å². The van der Waals surface area contributed by atoms with E-state index >= 15 is 0 Å². The van der Waals surface area contributed by atoms with E-state index < -0.39 is 10.0 Å². The molecule has 0 saturated heterocycles. The van der Waals surface area contributed by atoms with Gasteiger partial charge in [0.15, 0.2) is 0 Å². The van der Waals surface area contributed by atoms with Crippen molar-refractivity contribution in [3.63, 3.8) is 0 Å². The van der Waals surface area contributed by atoms with Crippen LogP contribution in [0, 0.1) is 0 Å². The van der Waals surface area contributed by atoms with Gasteiger partial charge in [0.2, 0.25) is 15.9 Å². The van der Waals surface area contributed by atoms with Crippen LogP contribution in [0.1, 0.15) is 42.4 Å². The minimum absolute atomic E-state index is 0.0911. The Bertz CT molecular complexity index is 921. The van der Waals surface area contributed by atoms with E-state index in [1.807, 2.05) is 25.5 Å². The number of nitrogens with one attached hydrogen (secondary N) is 2. The van der Waals surface area contributed by atoms with Crippen molar-refractivity contribution in [2.24, 2.45) is 7.05 Å². The first-order valence-corrected chi connectivity index (χ1v) is 11.3. The second-order valence-corrected chi connectivity index (χ2v) is 9.03. The third kappa shape index (κ3) is 5.65. The summed E-state index contributed by atoms with van der Waals surface area (Å²) in [5, 5.41) is 6.93. The summed E-state index contributed by atoms with van der Waals surface area (Å²) < 4.78 is 29.2. The fraction of sp³-hybridized carbons (Fsp3) is 0.500. The minimum atomic E-state index is -3.59. The Kier molecular flexibility index (Phi) is 6.85. The number of aryl methyl sites for hydroxylation is 4. The molecule has 0 radical (unpaired) electrons. The molecule has 0 spiro atoms. The number of aromatic nitrogens is 2. The zero-order valence-corrected chi connectivity index (χ0v) is 17.1. The van der Waals surface area contributed by atoms with E-state index in [0.717, 1.165) is 49.7 Å². The van der Waals surface area contributed by atoms with Crippen molar-refractivity contribution < 1.29 is 13.2 Å². The van der Waals surface area contributed by atoms with E-state index in [9.17, 15) is 13.2 Å². The highest BCUT2D eigenvalue weighted by Crippen LogP contribution is 2.23. The average Bonchev–Trinajstić information content (AvgIpc) is 3.10. The Hall–Kier alpha value is -2.19. The molecule has 1 aromatic heterocycles. The van der Waals surface area contributed by atoms with Crippen LogP contribution in [0.2, 0.25) is 0 Å². The van der Waals surface area contributed by atoms with Gasteiger partial charge in [-0.25, -0.2) is 13.1 Å². The van der Waals surface area contributed by atoms with Crippen molar-refractivity contribution in [1.82, 2.24) is 19.8 Å². The van der Waals surface area contributed by atoms with Crippen LogP contribution in [0.25, 0.3) is 0 Å². The Morgan fingerprint density at radius 3 is 2.71 bits per heavy atom. The molecule has 2 aromatic rings. The molecule has 8 heteroatoms. The van der Waals surface area contributed by atoms with E-state index in [1.165, 1.54) is 5.56 Å². The summed E-state index contributed by atoms with van der Waals surface area (Å²) in [7, 11) is -1.72. The van der Waals surface area contributed by atoms with Gasteiger partial charge in [0.05, 0.1) is 11.1 Å². The fourth-order valence-electron chi connectivity index (χ4n) is 3.47. The van der Waals surface area contributed by atoms with Gasteiger partial charge in [-0.3, -0.25) is 9.48 Å². The third-order valence-electron chi connectivity index (χ3n) is 5.00. The van der Waals surface area contributed by atoms with E-state index in [1.54, 1.807) is 16.8 Å². The Morgan fingerprint density at radius 1 is 1.18 bits per heavy atom. The molecule has 1 aromatic carbocycles. The number of hydrogen-bond donors (Lipinski definition) is 2. The largest absolute Gasteiger partial charge is 0.356 e. The molecule has 3 rings (SSSR count). The molecule has 28 heavy (non-hydrogen) atoms. The SMILES string of the molecule is Cn1cc(CCCNC(=O)CCNS(=O)(=O)c2ccc3c(c2)CCCC3)cn1. The lowest BCUT2D eigenvalue weighted by Gasteiger charge is -2.16. The number of sulfonamides is 1. The normalized spacial score (nSPS) is 13.9. The maximum atomic E-state index is 12.5. The van der Waals surface area contributed by atoms with Crippen molar-refractivity contribution in [3.8, 4) is 0 Å². The van der Waals surface area contributed by atoms with E-state index in [-0.39, 0.29) is 23.8 Å². The Balaban J connectivity index is 1.39. The number of nitrogens with zero attached hydrogens (tertiary/aromatic N) is 2. The lowest BCUT2D eigenvalue weighted by atomic mass is 9.92. The molecule has 0 saturated carbocycles. The topological polar surface area (TPSA) is 93.1 Å². The summed E-state index contributed by atoms with van der Waals surface area (Å²) in [6.45, 7) is 0.652. The zero-order valence-electron chi connectivity index (χ0n) is 16.3. The molecule has 1 aliphatic carbocycles. The van der Waals surface area contributed by atoms with Gasteiger partial charge in [0.25, 0.3) is 0 Å². The predicted molar refractivity (Wildman–Crippen MR) is 107 cm³/mol. The Morgan fingerprint density at radius 2 is 1.96 bits per heavy atom. The molecule has 152 valence electrons. The number of carbonyl (C=O) groups is 1. The molecule has 1 heterocycles. The quantitative estimate of drug-likeness (QED) is 0.623. The summed E-state index contributed by atoms with van der Waals surface area (Å²) in [6, 6.07) is 5.35. The minimum Gasteiger partial charge on any atom is -0.356 e. The molecule has 0 fully saturated rings. The molecule has 1 amide bonds. The van der Waals surface area contributed by atoms with E-state index in [0.29, 0.717) is 6.54 Å². The van der Waals surface area contributed by atoms with Gasteiger partial charge in [-0.05, 0) is 67.3 Å². The van der Waals surface area contributed by atoms with Crippen LogP contribution in [-0.2, 0) is 41.1 Å². The fourth-order valence-corrected chi connectivity index (χ4v) is 4.55. The van der Waals surface area contributed by atoms with Crippen molar-refractivity contribution in [2.45, 2.75) is 49.8 Å². The standard InChI is InChI=1S/C20H28N4O3S/c1-24-15-16(14-22-24)5-4-11-21-20(25)10-12-23-28(26,27)19-9-8-17-6-2-3-7-18(17)13-19/h8-9,13-15,23H,2-7,10-12H2,1H3,(H,21,25). The first-order valence-electron chi connectivity index (χ1n) is 9.80. The highest BCUT2D eigenvalue weighted by Gasteiger charge is 2.17. The van der Waals surface area contributed by atoms with Gasteiger partial charge >= 0.3 is 0 Å². The van der Waals surface area contributed by atoms with Gasteiger partial charge in [0.1, 0.15) is 0 Å². The summed E-state index contributed by atoms with van der Waals surface area (Å²) in [4.78, 5) is 12.2. The smallest absolute Gasteiger partial charge is 0.240 e. The van der Waals surface area contributed by atoms with Crippen LogP contribution in [-0.4, -0.2) is 37.2 Å². The van der Waals surface area contributed by atoms with Crippen molar-refractivity contribution in [2.75, 3.05) is 13.1 Å². The third-order valence-corrected chi connectivity index (χ3v) is 6.46. The average molecular weight is 405 g/mol. The first-order chi connectivity index (χ1) is 13.4. The van der Waals surface area contributed by atoms with E-state index in [2.05, 4.69) is 15.1 Å². The molecule has 0 atom stereocenters. The summed E-state index contributed by atoms with van der Waals surface area (Å²) in [5.74, 6) is -0.153. The van der Waals surface area contributed by atoms with Crippen LogP contribution < -0.4 is 10.0 Å². The van der Waals surface area contributed by atoms with Gasteiger partial charge < -0.3 is 5.32 Å². The Labute approximate surface area is 166 Å². The van der Waals surface area contributed by atoms with Crippen LogP contribution >= 0.6 is 0 Å². The van der Waals surface area contributed by atoms with Gasteiger partial charge in [0, 0.05) is 32.8 Å². The van der Waals surface area contributed by atoms with Gasteiger partial charge in [-0.2, -0.15) is 5.10 Å². The summed E-state index contributed by atoms with van der Waals surface area (Å²) in [5.41, 5.74) is 3.51. The van der Waals surface area contributed by atoms with Crippen LogP contribution in [0.3, 0.4) is 0 Å². The van der Waals surface area contributed by atoms with Gasteiger partial charge in [-0.15, -0.1) is 0 Å². The van der Waals surface area contributed by atoms with Gasteiger partial charge in [-0.1, -0.05) is 6.07 Å². The van der Waals surface area contributed by atoms with Crippen molar-refractivity contribution in [3.05, 3.63) is 47.3 Å². The van der Waals surface area contributed by atoms with Crippen molar-refractivity contribution >= 4 is 15.9 Å². The maximum Gasteiger partial charge on any atom is 0.240 e. The van der Waals surface area contributed by atoms with Crippen LogP contribution in [0.5, 0.6) is 0 Å². The number of carbonyl (C=O) groups excluding carboxylic acids is 1.